The van der Waals surface area contributed by atoms with Crippen molar-refractivity contribution < 1.29 is 13.2 Å². The molecule has 2 heterocycles. The molecule has 0 aliphatic heterocycles. The van der Waals surface area contributed by atoms with Crippen LogP contribution in [0.5, 0.6) is 0 Å². The summed E-state index contributed by atoms with van der Waals surface area (Å²) in [6.45, 7) is 0. The van der Waals surface area contributed by atoms with Gasteiger partial charge in [0.2, 0.25) is 10.0 Å². The molecule has 0 fully saturated rings. The second-order valence-electron chi connectivity index (χ2n) is 5.30. The minimum atomic E-state index is -3.51. The zero-order valence-electron chi connectivity index (χ0n) is 13.4. The van der Waals surface area contributed by atoms with Crippen LogP contribution < -0.4 is 10.0 Å². The van der Waals surface area contributed by atoms with Gasteiger partial charge in [-0.05, 0) is 30.3 Å². The van der Waals surface area contributed by atoms with Gasteiger partial charge in [-0.1, -0.05) is 11.6 Å². The lowest BCUT2D eigenvalue weighted by molar-refractivity contribution is 0.102. The molecule has 1 amide bonds. The number of aromatic nitrogens is 2. The lowest BCUT2D eigenvalue weighted by Crippen LogP contribution is -2.14. The van der Waals surface area contributed by atoms with Crippen molar-refractivity contribution in [2.75, 3.05) is 16.3 Å². The fourth-order valence-electron chi connectivity index (χ4n) is 2.09. The van der Waals surface area contributed by atoms with Gasteiger partial charge in [0.25, 0.3) is 5.91 Å². The zero-order valence-corrected chi connectivity index (χ0v) is 15.8. The smallest absolute Gasteiger partial charge is 0.257 e. The lowest BCUT2D eigenvalue weighted by Gasteiger charge is -2.08. The van der Waals surface area contributed by atoms with Crippen LogP contribution in [0.1, 0.15) is 10.4 Å². The fourth-order valence-corrected chi connectivity index (χ4v) is 3.60. The van der Waals surface area contributed by atoms with Crippen molar-refractivity contribution in [2.45, 2.75) is 0 Å². The molecule has 26 heavy (non-hydrogen) atoms. The number of anilines is 2. The standard InChI is InChI=1S/C16H13ClN4O3S2/c1-26(23,24)21-13-7-10(4-5-12(13)17)15(22)20-16-19-14(9-25-16)11-3-2-6-18-8-11/h2-9,21H,1H3,(H,19,20,22). The largest absolute Gasteiger partial charge is 0.298 e. The summed E-state index contributed by atoms with van der Waals surface area (Å²) in [6, 6.07) is 7.99. The highest BCUT2D eigenvalue weighted by Gasteiger charge is 2.13. The maximum Gasteiger partial charge on any atom is 0.257 e. The SMILES string of the molecule is CS(=O)(=O)Nc1cc(C(=O)Nc2nc(-c3cccnc3)cs2)ccc1Cl. The van der Waals surface area contributed by atoms with Crippen LogP contribution in [0.25, 0.3) is 11.3 Å². The van der Waals surface area contributed by atoms with E-state index < -0.39 is 15.9 Å². The van der Waals surface area contributed by atoms with E-state index in [1.54, 1.807) is 18.5 Å². The van der Waals surface area contributed by atoms with Crippen LogP contribution in [0.15, 0.2) is 48.1 Å². The molecule has 0 saturated carbocycles. The van der Waals surface area contributed by atoms with Crippen molar-refractivity contribution in [2.24, 2.45) is 0 Å². The molecule has 2 N–H and O–H groups in total. The number of amides is 1. The molecule has 1 aromatic carbocycles. The Bertz CT molecular complexity index is 1050. The highest BCUT2D eigenvalue weighted by Crippen LogP contribution is 2.26. The Morgan fingerprint density at radius 1 is 1.27 bits per heavy atom. The predicted molar refractivity (Wildman–Crippen MR) is 103 cm³/mol. The topological polar surface area (TPSA) is 101 Å². The van der Waals surface area contributed by atoms with Crippen molar-refractivity contribution in [1.29, 1.82) is 0 Å². The molecule has 3 aromatic rings. The van der Waals surface area contributed by atoms with Crippen molar-refractivity contribution in [3.63, 3.8) is 0 Å². The average molecular weight is 409 g/mol. The van der Waals surface area contributed by atoms with Crippen LogP contribution in [0.2, 0.25) is 5.02 Å². The summed E-state index contributed by atoms with van der Waals surface area (Å²) in [7, 11) is -3.51. The number of carbonyl (C=O) groups excluding carboxylic acids is 1. The number of nitrogens with zero attached hydrogens (tertiary/aromatic N) is 2. The Morgan fingerprint density at radius 3 is 2.77 bits per heavy atom. The van der Waals surface area contributed by atoms with Crippen LogP contribution >= 0.6 is 22.9 Å². The molecule has 0 atom stereocenters. The van der Waals surface area contributed by atoms with Gasteiger partial charge in [-0.2, -0.15) is 0 Å². The summed E-state index contributed by atoms with van der Waals surface area (Å²) in [6.07, 6.45) is 4.36. The maximum absolute atomic E-state index is 12.4. The van der Waals surface area contributed by atoms with E-state index in [0.29, 0.717) is 10.8 Å². The first-order chi connectivity index (χ1) is 12.3. The number of carbonyl (C=O) groups is 1. The minimum Gasteiger partial charge on any atom is -0.298 e. The van der Waals surface area contributed by atoms with Crippen LogP contribution in [0.3, 0.4) is 0 Å². The third kappa shape index (κ3) is 4.57. The molecule has 0 spiro atoms. The average Bonchev–Trinajstić information content (AvgIpc) is 3.05. The summed E-state index contributed by atoms with van der Waals surface area (Å²) in [5.41, 5.74) is 1.93. The number of pyridine rings is 1. The number of hydrogen-bond donors (Lipinski definition) is 2. The Hall–Kier alpha value is -2.49. The van der Waals surface area contributed by atoms with Crippen LogP contribution in [-0.2, 0) is 10.0 Å². The number of halogens is 1. The Kier molecular flexibility index (Phi) is 5.21. The van der Waals surface area contributed by atoms with Gasteiger partial charge in [0, 0.05) is 28.9 Å². The molecule has 3 rings (SSSR count). The molecule has 0 aliphatic carbocycles. The highest BCUT2D eigenvalue weighted by molar-refractivity contribution is 7.92. The number of thiazole rings is 1. The van der Waals surface area contributed by atoms with Gasteiger partial charge in [0.1, 0.15) is 0 Å². The third-order valence-electron chi connectivity index (χ3n) is 3.21. The van der Waals surface area contributed by atoms with E-state index in [4.69, 9.17) is 11.6 Å². The second-order valence-corrected chi connectivity index (χ2v) is 8.32. The minimum absolute atomic E-state index is 0.136. The highest BCUT2D eigenvalue weighted by atomic mass is 35.5. The summed E-state index contributed by atoms with van der Waals surface area (Å²) in [4.78, 5) is 20.8. The molecule has 0 bridgehead atoms. The first-order valence-electron chi connectivity index (χ1n) is 7.26. The Labute approximate surface area is 159 Å². The van der Waals surface area contributed by atoms with Crippen molar-refractivity contribution in [1.82, 2.24) is 9.97 Å². The van der Waals surface area contributed by atoms with Crippen molar-refractivity contribution in [3.05, 3.63) is 58.7 Å². The maximum atomic E-state index is 12.4. The number of sulfonamides is 1. The number of benzene rings is 1. The molecule has 7 nitrogen and oxygen atoms in total. The first kappa shape index (κ1) is 18.3. The van der Waals surface area contributed by atoms with Crippen molar-refractivity contribution >= 4 is 49.7 Å². The van der Waals surface area contributed by atoms with E-state index in [0.717, 1.165) is 11.8 Å². The molecule has 10 heteroatoms. The summed E-state index contributed by atoms with van der Waals surface area (Å²) in [5, 5.41) is 5.11. The van der Waals surface area contributed by atoms with E-state index >= 15 is 0 Å². The molecule has 0 saturated heterocycles. The van der Waals surface area contributed by atoms with Gasteiger partial charge in [0.05, 0.1) is 22.7 Å². The van der Waals surface area contributed by atoms with Gasteiger partial charge >= 0.3 is 0 Å². The van der Waals surface area contributed by atoms with Crippen molar-refractivity contribution in [3.8, 4) is 11.3 Å². The van der Waals surface area contributed by atoms with E-state index in [-0.39, 0.29) is 16.3 Å². The van der Waals surface area contributed by atoms with E-state index in [9.17, 15) is 13.2 Å². The third-order valence-corrected chi connectivity index (χ3v) is 4.88. The molecule has 0 aliphatic rings. The quantitative estimate of drug-likeness (QED) is 0.673. The van der Waals surface area contributed by atoms with Crippen LogP contribution in [0, 0.1) is 0 Å². The summed E-state index contributed by atoms with van der Waals surface area (Å²) in [5.74, 6) is -0.426. The lowest BCUT2D eigenvalue weighted by atomic mass is 10.2. The van der Waals surface area contributed by atoms with E-state index in [1.807, 2.05) is 11.4 Å². The summed E-state index contributed by atoms with van der Waals surface area (Å²) >= 11 is 7.24. The number of rotatable bonds is 5. The van der Waals surface area contributed by atoms with Gasteiger partial charge in [-0.3, -0.25) is 19.8 Å². The molecule has 134 valence electrons. The van der Waals surface area contributed by atoms with Crippen LogP contribution in [-0.4, -0.2) is 30.5 Å². The second kappa shape index (κ2) is 7.40. The Balaban J connectivity index is 1.78. The fraction of sp³-hybridized carbons (Fsp3) is 0.0625. The monoisotopic (exact) mass is 408 g/mol. The number of nitrogens with one attached hydrogen (secondary N) is 2. The van der Waals surface area contributed by atoms with Gasteiger partial charge < -0.3 is 0 Å². The summed E-state index contributed by atoms with van der Waals surface area (Å²) < 4.78 is 25.0. The van der Waals surface area contributed by atoms with Gasteiger partial charge in [0.15, 0.2) is 5.13 Å². The zero-order chi connectivity index (χ0) is 18.7. The van der Waals surface area contributed by atoms with E-state index in [2.05, 4.69) is 20.0 Å². The van der Waals surface area contributed by atoms with Crippen LogP contribution in [0.4, 0.5) is 10.8 Å². The molecular weight excluding hydrogens is 396 g/mol. The Morgan fingerprint density at radius 2 is 2.08 bits per heavy atom. The van der Waals surface area contributed by atoms with E-state index in [1.165, 1.54) is 29.5 Å². The van der Waals surface area contributed by atoms with Gasteiger partial charge in [-0.15, -0.1) is 11.3 Å². The number of hydrogen-bond acceptors (Lipinski definition) is 6. The van der Waals surface area contributed by atoms with Gasteiger partial charge in [-0.25, -0.2) is 13.4 Å². The first-order valence-corrected chi connectivity index (χ1v) is 10.4. The molecule has 0 radical (unpaired) electrons. The molecule has 2 aromatic heterocycles. The normalized spacial score (nSPS) is 11.2. The molecule has 0 unspecified atom stereocenters. The molecular formula is C16H13ClN4O3S2. The predicted octanol–water partition coefficient (Wildman–Crippen LogP) is 3.48.